The van der Waals surface area contributed by atoms with Crippen molar-refractivity contribution in [3.05, 3.63) is 0 Å². The second-order valence-electron chi connectivity index (χ2n) is 10.8. The first kappa shape index (κ1) is 25.3. The average molecular weight is 482 g/mol. The molecule has 0 saturated carbocycles. The maximum Gasteiger partial charge on any atom is 0.202 e. The summed E-state index contributed by atoms with van der Waals surface area (Å²) in [5.41, 5.74) is -1.77. The Labute approximate surface area is 205 Å². The van der Waals surface area contributed by atoms with E-state index in [0.29, 0.717) is 19.6 Å². The zero-order chi connectivity index (χ0) is 23.7. The van der Waals surface area contributed by atoms with Gasteiger partial charge in [-0.1, -0.05) is 6.42 Å². The molecule has 5 fully saturated rings. The lowest BCUT2D eigenvalue weighted by Crippen LogP contribution is -2.91. The van der Waals surface area contributed by atoms with Crippen LogP contribution in [0, 0.1) is 0 Å². The zero-order valence-corrected chi connectivity index (χ0v) is 21.5. The lowest BCUT2D eigenvalue weighted by atomic mass is 9.65. The minimum absolute atomic E-state index is 0.0843. The Bertz CT molecular complexity index is 661. The van der Waals surface area contributed by atoms with E-state index >= 15 is 0 Å². The van der Waals surface area contributed by atoms with Gasteiger partial charge in [-0.15, -0.1) is 0 Å². The molecule has 8 heteroatoms. The summed E-state index contributed by atoms with van der Waals surface area (Å²) in [6, 6.07) is 0. The van der Waals surface area contributed by atoms with Crippen molar-refractivity contribution in [1.29, 1.82) is 0 Å². The summed E-state index contributed by atoms with van der Waals surface area (Å²) in [4.78, 5) is 2.61. The van der Waals surface area contributed by atoms with E-state index in [1.807, 2.05) is 6.92 Å². The molecule has 0 aromatic rings. The molecular weight excluding hydrogens is 434 g/mol. The molecule has 0 amide bonds. The van der Waals surface area contributed by atoms with Gasteiger partial charge in [0.2, 0.25) is 5.79 Å². The van der Waals surface area contributed by atoms with Crippen LogP contribution in [0.2, 0.25) is 0 Å². The van der Waals surface area contributed by atoms with Gasteiger partial charge in [0.25, 0.3) is 0 Å². The Morgan fingerprint density at radius 3 is 2.12 bits per heavy atom. The van der Waals surface area contributed by atoms with Crippen LogP contribution in [0.25, 0.3) is 0 Å². The van der Waals surface area contributed by atoms with Crippen molar-refractivity contribution >= 4 is 0 Å². The topological polar surface area (TPSA) is 66.9 Å². The normalized spacial score (nSPS) is 43.5. The summed E-state index contributed by atoms with van der Waals surface area (Å²) in [6.07, 6.45) is 11.2. The third kappa shape index (κ3) is 3.79. The second kappa shape index (κ2) is 10.6. The Morgan fingerprint density at radius 1 is 0.824 bits per heavy atom. The van der Waals surface area contributed by atoms with Crippen LogP contribution >= 0.6 is 0 Å². The van der Waals surface area contributed by atoms with Gasteiger partial charge >= 0.3 is 0 Å². The maximum atomic E-state index is 12.5. The van der Waals surface area contributed by atoms with E-state index in [0.717, 1.165) is 84.3 Å². The van der Waals surface area contributed by atoms with Crippen molar-refractivity contribution in [2.45, 2.75) is 107 Å². The molecule has 0 radical (unpaired) electrons. The third-order valence-corrected chi connectivity index (χ3v) is 9.17. The van der Waals surface area contributed by atoms with Crippen LogP contribution in [0.5, 0.6) is 0 Å². The summed E-state index contributed by atoms with van der Waals surface area (Å²) in [5, 5.41) is 17.6. The number of likely N-dealkylation sites (tertiary alicyclic amines) is 1. The molecule has 8 nitrogen and oxygen atoms in total. The number of methoxy groups -OCH3 is 1. The van der Waals surface area contributed by atoms with Crippen molar-refractivity contribution in [1.82, 2.24) is 14.9 Å². The lowest BCUT2D eigenvalue weighted by Gasteiger charge is -2.70. The Kier molecular flexibility index (Phi) is 7.88. The molecule has 5 saturated heterocycles. The van der Waals surface area contributed by atoms with Crippen molar-refractivity contribution in [3.63, 3.8) is 0 Å². The van der Waals surface area contributed by atoms with Crippen LogP contribution in [0.4, 0.5) is 0 Å². The van der Waals surface area contributed by atoms with Crippen LogP contribution in [-0.2, 0) is 18.9 Å². The number of ether oxygens (including phenoxy) is 4. The highest BCUT2D eigenvalue weighted by Gasteiger charge is 2.78. The number of hydrogen-bond acceptors (Lipinski definition) is 8. The molecule has 5 atom stereocenters. The molecule has 5 heterocycles. The number of hydrazine groups is 1. The first-order valence-corrected chi connectivity index (χ1v) is 14.1. The molecule has 196 valence electrons. The predicted octanol–water partition coefficient (Wildman–Crippen LogP) is 2.74. The summed E-state index contributed by atoms with van der Waals surface area (Å²) >= 11 is 0. The lowest BCUT2D eigenvalue weighted by molar-refractivity contribution is -0.437. The van der Waals surface area contributed by atoms with Gasteiger partial charge in [0, 0.05) is 66.1 Å². The molecule has 5 aliphatic rings. The maximum absolute atomic E-state index is 12.5. The molecule has 5 rings (SSSR count). The van der Waals surface area contributed by atoms with Crippen molar-refractivity contribution < 1.29 is 24.1 Å². The Hall–Kier alpha value is -0.320. The standard InChI is InChI=1S/C26H47N3O5/c1-3-34-25(22-13-11-21-32-22)24(30,31-2)14-19-29(28-17-6-4-7-18-28)26(25,27-15-8-9-16-27)23-12-5-10-20-33-23/h22-23,30H,3-21H2,1-2H3. The predicted molar refractivity (Wildman–Crippen MR) is 129 cm³/mol. The first-order chi connectivity index (χ1) is 16.6. The van der Waals surface area contributed by atoms with Crippen molar-refractivity contribution in [2.75, 3.05) is 59.7 Å². The molecule has 0 spiro atoms. The van der Waals surface area contributed by atoms with E-state index in [4.69, 9.17) is 18.9 Å². The smallest absolute Gasteiger partial charge is 0.202 e. The van der Waals surface area contributed by atoms with Crippen LogP contribution in [-0.4, -0.2) is 109 Å². The Morgan fingerprint density at radius 2 is 1.50 bits per heavy atom. The first-order valence-electron chi connectivity index (χ1n) is 14.1. The van der Waals surface area contributed by atoms with E-state index in [1.54, 1.807) is 7.11 Å². The molecule has 34 heavy (non-hydrogen) atoms. The largest absolute Gasteiger partial charge is 0.375 e. The quantitative estimate of drug-likeness (QED) is 0.557. The zero-order valence-electron chi connectivity index (χ0n) is 21.5. The summed E-state index contributed by atoms with van der Waals surface area (Å²) in [7, 11) is 1.65. The Balaban J connectivity index is 1.75. The van der Waals surface area contributed by atoms with Gasteiger partial charge in [0.05, 0.1) is 12.2 Å². The van der Waals surface area contributed by atoms with Crippen LogP contribution in [0.15, 0.2) is 0 Å². The van der Waals surface area contributed by atoms with Crippen molar-refractivity contribution in [2.24, 2.45) is 0 Å². The van der Waals surface area contributed by atoms with Gasteiger partial charge < -0.3 is 24.1 Å². The fourth-order valence-electron chi connectivity index (χ4n) is 7.87. The molecule has 0 bridgehead atoms. The van der Waals surface area contributed by atoms with E-state index in [9.17, 15) is 5.11 Å². The SMILES string of the molecule is CCOC1(C2CCCO2)C(O)(OC)CCN(N2CCCCC2)C1(C1CCCCO1)N1CCCC1. The number of aliphatic hydroxyl groups is 1. The minimum Gasteiger partial charge on any atom is -0.375 e. The fourth-order valence-corrected chi connectivity index (χ4v) is 7.87. The molecule has 0 aromatic carbocycles. The third-order valence-electron chi connectivity index (χ3n) is 9.17. The number of rotatable bonds is 7. The van der Waals surface area contributed by atoms with Crippen LogP contribution in [0.3, 0.4) is 0 Å². The highest BCUT2D eigenvalue weighted by molar-refractivity contribution is 5.24. The summed E-state index contributed by atoms with van der Waals surface area (Å²) in [5.74, 6) is -1.46. The molecule has 0 aliphatic carbocycles. The van der Waals surface area contributed by atoms with Gasteiger partial charge in [-0.2, -0.15) is 0 Å². The second-order valence-corrected chi connectivity index (χ2v) is 10.8. The fraction of sp³-hybridized carbons (Fsp3) is 1.00. The van der Waals surface area contributed by atoms with Gasteiger partial charge in [0.1, 0.15) is 0 Å². The van der Waals surface area contributed by atoms with Gasteiger partial charge in [-0.05, 0) is 64.7 Å². The molecule has 1 N–H and O–H groups in total. The monoisotopic (exact) mass is 481 g/mol. The van der Waals surface area contributed by atoms with Gasteiger partial charge in [0.15, 0.2) is 11.3 Å². The molecule has 0 aromatic heterocycles. The highest BCUT2D eigenvalue weighted by Crippen LogP contribution is 2.57. The average Bonchev–Trinajstić information content (AvgIpc) is 3.61. The number of hydrogen-bond donors (Lipinski definition) is 1. The van der Waals surface area contributed by atoms with E-state index in [1.165, 1.54) is 19.3 Å². The highest BCUT2D eigenvalue weighted by atomic mass is 16.7. The minimum atomic E-state index is -1.46. The summed E-state index contributed by atoms with van der Waals surface area (Å²) < 4.78 is 26.3. The molecule has 5 aliphatic heterocycles. The number of piperidine rings is 2. The van der Waals surface area contributed by atoms with Crippen LogP contribution < -0.4 is 0 Å². The van der Waals surface area contributed by atoms with Crippen LogP contribution in [0.1, 0.15) is 77.6 Å². The molecular formula is C26H47N3O5. The van der Waals surface area contributed by atoms with Gasteiger partial charge in [-0.25, -0.2) is 10.0 Å². The van der Waals surface area contributed by atoms with Crippen molar-refractivity contribution in [3.8, 4) is 0 Å². The van der Waals surface area contributed by atoms with E-state index in [2.05, 4.69) is 14.9 Å². The van der Waals surface area contributed by atoms with E-state index in [-0.39, 0.29) is 12.2 Å². The van der Waals surface area contributed by atoms with E-state index < -0.39 is 17.1 Å². The number of nitrogens with zero attached hydrogens (tertiary/aromatic N) is 3. The van der Waals surface area contributed by atoms with Gasteiger partial charge in [-0.3, -0.25) is 4.90 Å². The molecule has 5 unspecified atom stereocenters. The summed E-state index contributed by atoms with van der Waals surface area (Å²) in [6.45, 7) is 8.75.